The van der Waals surface area contributed by atoms with E-state index < -0.39 is 17.7 Å². The van der Waals surface area contributed by atoms with Crippen molar-refractivity contribution in [1.82, 2.24) is 0 Å². The van der Waals surface area contributed by atoms with Gasteiger partial charge in [0.05, 0.1) is 20.9 Å². The number of carboxylic acid groups (broad SMARTS) is 1. The first kappa shape index (κ1) is 22.5. The van der Waals surface area contributed by atoms with Crippen molar-refractivity contribution in [3.8, 4) is 5.75 Å². The van der Waals surface area contributed by atoms with Gasteiger partial charge in [0.2, 0.25) is 0 Å². The third-order valence-electron chi connectivity index (χ3n) is 3.57. The van der Waals surface area contributed by atoms with Crippen LogP contribution in [0, 0.1) is 0 Å². The Hall–Kier alpha value is -1.74. The first-order valence-electron chi connectivity index (χ1n) is 8.26. The third kappa shape index (κ3) is 6.41. The Labute approximate surface area is 177 Å². The molecule has 0 amide bonds. The highest BCUT2D eigenvalue weighted by Gasteiger charge is 2.31. The molecule has 0 saturated heterocycles. The molecule has 0 aliphatic heterocycles. The predicted octanol–water partition coefficient (Wildman–Crippen LogP) is 6.26. The van der Waals surface area contributed by atoms with E-state index in [1.807, 2.05) is 13.8 Å². The summed E-state index contributed by atoms with van der Waals surface area (Å²) in [5.74, 6) is -0.591. The zero-order valence-electron chi connectivity index (χ0n) is 15.0. The van der Waals surface area contributed by atoms with Crippen LogP contribution in [0.15, 0.2) is 39.3 Å². The van der Waals surface area contributed by atoms with Crippen LogP contribution in [-0.2, 0) is 24.0 Å². The second kappa shape index (κ2) is 9.17. The number of carboxylic acids is 1. The van der Waals surface area contributed by atoms with E-state index in [2.05, 4.69) is 37.2 Å². The van der Waals surface area contributed by atoms with Crippen molar-refractivity contribution in [2.45, 2.75) is 39.1 Å². The molecule has 0 spiro atoms. The summed E-state index contributed by atoms with van der Waals surface area (Å²) in [6.45, 7) is 3.58. The van der Waals surface area contributed by atoms with Gasteiger partial charge in [-0.3, -0.25) is 4.79 Å². The van der Waals surface area contributed by atoms with Crippen molar-refractivity contribution in [3.63, 3.8) is 0 Å². The quantitative estimate of drug-likeness (QED) is 0.449. The van der Waals surface area contributed by atoms with Gasteiger partial charge in [0.15, 0.2) is 0 Å². The van der Waals surface area contributed by atoms with Crippen molar-refractivity contribution in [3.05, 3.63) is 56.0 Å². The molecular formula is C19H18Br2F3NO3. The highest BCUT2D eigenvalue weighted by atomic mass is 79.9. The standard InChI is InChI=1S/C19H18Br2F3NO3/c1-10(2)25-14-4-12(3-13(8-14)19(22,23)24)9-28-18-15(20)5-11(6-16(18)21)7-17(26)27/h3-6,8,10,25H,7,9H2,1-2H3,(H,26,27). The summed E-state index contributed by atoms with van der Waals surface area (Å²) in [6.07, 6.45) is -4.63. The second-order valence-corrected chi connectivity index (χ2v) is 8.17. The normalized spacial score (nSPS) is 11.6. The lowest BCUT2D eigenvalue weighted by atomic mass is 10.1. The van der Waals surface area contributed by atoms with Gasteiger partial charge in [0, 0.05) is 11.7 Å². The molecule has 0 bridgehead atoms. The Morgan fingerprint density at radius 3 is 2.21 bits per heavy atom. The Morgan fingerprint density at radius 1 is 1.11 bits per heavy atom. The zero-order chi connectivity index (χ0) is 21.1. The van der Waals surface area contributed by atoms with E-state index in [4.69, 9.17) is 9.84 Å². The molecule has 0 aliphatic rings. The lowest BCUT2D eigenvalue weighted by molar-refractivity contribution is -0.138. The molecule has 0 atom stereocenters. The molecule has 0 aliphatic carbocycles. The smallest absolute Gasteiger partial charge is 0.416 e. The van der Waals surface area contributed by atoms with Gasteiger partial charge in [-0.2, -0.15) is 13.2 Å². The summed E-state index contributed by atoms with van der Waals surface area (Å²) >= 11 is 6.63. The van der Waals surface area contributed by atoms with E-state index in [0.29, 0.717) is 31.5 Å². The molecule has 2 aromatic rings. The largest absolute Gasteiger partial charge is 0.487 e. The molecule has 28 heavy (non-hydrogen) atoms. The average Bonchev–Trinajstić information content (AvgIpc) is 2.51. The van der Waals surface area contributed by atoms with Crippen molar-refractivity contribution in [2.75, 3.05) is 5.32 Å². The maximum atomic E-state index is 13.2. The lowest BCUT2D eigenvalue weighted by Gasteiger charge is -2.17. The van der Waals surface area contributed by atoms with Crippen LogP contribution in [0.5, 0.6) is 5.75 Å². The SMILES string of the molecule is CC(C)Nc1cc(COc2c(Br)cc(CC(=O)O)cc2Br)cc(C(F)(F)F)c1. The summed E-state index contributed by atoms with van der Waals surface area (Å²) < 4.78 is 46.3. The number of halogens is 5. The molecule has 0 unspecified atom stereocenters. The highest BCUT2D eigenvalue weighted by Crippen LogP contribution is 2.36. The number of rotatable bonds is 7. The van der Waals surface area contributed by atoms with E-state index in [0.717, 1.165) is 12.1 Å². The van der Waals surface area contributed by atoms with Gasteiger partial charge in [0.25, 0.3) is 0 Å². The maximum Gasteiger partial charge on any atom is 0.416 e. The van der Waals surface area contributed by atoms with Crippen LogP contribution in [0.4, 0.5) is 18.9 Å². The van der Waals surface area contributed by atoms with Crippen LogP contribution in [0.1, 0.15) is 30.5 Å². The Kier molecular flexibility index (Phi) is 7.39. The third-order valence-corrected chi connectivity index (χ3v) is 4.75. The number of benzene rings is 2. The second-order valence-electron chi connectivity index (χ2n) is 6.46. The molecule has 2 aromatic carbocycles. The van der Waals surface area contributed by atoms with Crippen LogP contribution >= 0.6 is 31.9 Å². The van der Waals surface area contributed by atoms with Crippen molar-refractivity contribution >= 4 is 43.5 Å². The molecule has 0 radical (unpaired) electrons. The number of ether oxygens (including phenoxy) is 1. The van der Waals surface area contributed by atoms with E-state index >= 15 is 0 Å². The van der Waals surface area contributed by atoms with Crippen LogP contribution < -0.4 is 10.1 Å². The fraction of sp³-hybridized carbons (Fsp3) is 0.316. The molecule has 4 nitrogen and oxygen atoms in total. The van der Waals surface area contributed by atoms with Gasteiger partial charge in [-0.05, 0) is 87.2 Å². The Morgan fingerprint density at radius 2 is 1.71 bits per heavy atom. The van der Waals surface area contributed by atoms with Crippen LogP contribution in [0.2, 0.25) is 0 Å². The monoisotopic (exact) mass is 523 g/mol. The molecule has 2 N–H and O–H groups in total. The van der Waals surface area contributed by atoms with E-state index in [1.165, 1.54) is 0 Å². The minimum Gasteiger partial charge on any atom is -0.487 e. The van der Waals surface area contributed by atoms with Gasteiger partial charge in [0.1, 0.15) is 12.4 Å². The first-order valence-corrected chi connectivity index (χ1v) is 9.84. The van der Waals surface area contributed by atoms with Crippen molar-refractivity contribution in [2.24, 2.45) is 0 Å². The van der Waals surface area contributed by atoms with Gasteiger partial charge >= 0.3 is 12.1 Å². The van der Waals surface area contributed by atoms with Crippen LogP contribution in [-0.4, -0.2) is 17.1 Å². The summed E-state index contributed by atoms with van der Waals surface area (Å²) in [7, 11) is 0. The maximum absolute atomic E-state index is 13.2. The van der Waals surface area contributed by atoms with E-state index in [9.17, 15) is 18.0 Å². The number of alkyl halides is 3. The van der Waals surface area contributed by atoms with Crippen LogP contribution in [0.3, 0.4) is 0 Å². The van der Waals surface area contributed by atoms with Crippen molar-refractivity contribution in [1.29, 1.82) is 0 Å². The molecule has 2 rings (SSSR count). The van der Waals surface area contributed by atoms with Gasteiger partial charge in [-0.25, -0.2) is 0 Å². The van der Waals surface area contributed by atoms with Gasteiger partial charge in [-0.15, -0.1) is 0 Å². The minimum absolute atomic E-state index is 0.0256. The minimum atomic E-state index is -4.47. The molecule has 0 aromatic heterocycles. The number of aliphatic carboxylic acids is 1. The molecule has 0 saturated carbocycles. The van der Waals surface area contributed by atoms with Crippen molar-refractivity contribution < 1.29 is 27.8 Å². The molecule has 9 heteroatoms. The molecule has 0 fully saturated rings. The number of hydrogen-bond acceptors (Lipinski definition) is 3. The molecular weight excluding hydrogens is 507 g/mol. The summed E-state index contributed by atoms with van der Waals surface area (Å²) in [4.78, 5) is 10.8. The van der Waals surface area contributed by atoms with E-state index in [-0.39, 0.29) is 19.1 Å². The van der Waals surface area contributed by atoms with Crippen LogP contribution in [0.25, 0.3) is 0 Å². The number of anilines is 1. The number of nitrogens with one attached hydrogen (secondary N) is 1. The molecule has 0 heterocycles. The predicted molar refractivity (Wildman–Crippen MR) is 108 cm³/mol. The topological polar surface area (TPSA) is 58.6 Å². The fourth-order valence-electron chi connectivity index (χ4n) is 2.54. The summed E-state index contributed by atoms with van der Waals surface area (Å²) in [6, 6.07) is 6.90. The highest BCUT2D eigenvalue weighted by molar-refractivity contribution is 9.11. The van der Waals surface area contributed by atoms with E-state index in [1.54, 1.807) is 18.2 Å². The average molecular weight is 525 g/mol. The Balaban J connectivity index is 2.27. The number of carbonyl (C=O) groups is 1. The zero-order valence-corrected chi connectivity index (χ0v) is 18.2. The lowest BCUT2D eigenvalue weighted by Crippen LogP contribution is -2.13. The summed E-state index contributed by atoms with van der Waals surface area (Å²) in [5, 5.41) is 11.9. The fourth-order valence-corrected chi connectivity index (χ4v) is 4.05. The van der Waals surface area contributed by atoms with Gasteiger partial charge in [-0.1, -0.05) is 0 Å². The summed E-state index contributed by atoms with van der Waals surface area (Å²) in [5.41, 5.74) is 0.512. The first-order chi connectivity index (χ1) is 13.0. The molecule has 152 valence electrons. The number of hydrogen-bond donors (Lipinski definition) is 2. The Bertz CT molecular complexity index is 847. The van der Waals surface area contributed by atoms with Gasteiger partial charge < -0.3 is 15.2 Å².